The van der Waals surface area contributed by atoms with Crippen LogP contribution in [0, 0.1) is 5.92 Å². The molecule has 4 rings (SSSR count). The van der Waals surface area contributed by atoms with Crippen LogP contribution in [0.4, 0.5) is 5.82 Å². The van der Waals surface area contributed by atoms with Crippen LogP contribution in [0.5, 0.6) is 0 Å². The molecule has 0 radical (unpaired) electrons. The Kier molecular flexibility index (Phi) is 4.56. The van der Waals surface area contributed by atoms with E-state index in [4.69, 9.17) is 28.3 Å². The van der Waals surface area contributed by atoms with Gasteiger partial charge in [-0.3, -0.25) is 9.59 Å². The Hall–Kier alpha value is -2.90. The Balaban J connectivity index is 1.74. The van der Waals surface area contributed by atoms with E-state index in [2.05, 4.69) is 15.3 Å². The Bertz CT molecular complexity index is 1130. The second-order valence-electron chi connectivity index (χ2n) is 6.50. The van der Waals surface area contributed by atoms with E-state index in [1.54, 1.807) is 6.07 Å². The molecule has 0 atom stereocenters. The van der Waals surface area contributed by atoms with Gasteiger partial charge in [-0.05, 0) is 31.0 Å². The first kappa shape index (κ1) is 18.5. The number of aromatic nitrogens is 2. The van der Waals surface area contributed by atoms with Gasteiger partial charge in [0.15, 0.2) is 11.6 Å². The molecule has 2 heterocycles. The van der Waals surface area contributed by atoms with Crippen LogP contribution in [0.15, 0.2) is 30.6 Å². The number of anilines is 1. The van der Waals surface area contributed by atoms with Crippen LogP contribution >= 0.6 is 23.2 Å². The number of fused-ring (bicyclic) bond motifs is 1. The lowest BCUT2D eigenvalue weighted by atomic mass is 10.0. The lowest BCUT2D eigenvalue weighted by Crippen LogP contribution is -2.14. The number of amides is 1. The highest BCUT2D eigenvalue weighted by atomic mass is 35.5. The molecule has 1 aliphatic rings. The number of ketones is 1. The first-order valence-electron chi connectivity index (χ1n) is 8.40. The summed E-state index contributed by atoms with van der Waals surface area (Å²) in [5, 5.41) is 12.3. The molecule has 3 aromatic rings. The van der Waals surface area contributed by atoms with Gasteiger partial charge < -0.3 is 15.4 Å². The van der Waals surface area contributed by atoms with Crippen LogP contribution in [0.1, 0.15) is 39.1 Å². The van der Waals surface area contributed by atoms with Gasteiger partial charge in [0.05, 0.1) is 26.7 Å². The van der Waals surface area contributed by atoms with Gasteiger partial charge in [-0.2, -0.15) is 0 Å². The molecule has 0 bridgehead atoms. The van der Waals surface area contributed by atoms with E-state index in [-0.39, 0.29) is 38.6 Å². The molecule has 142 valence electrons. The third-order valence-electron chi connectivity index (χ3n) is 4.55. The Morgan fingerprint density at radius 3 is 2.46 bits per heavy atom. The minimum Gasteiger partial charge on any atom is -0.478 e. The van der Waals surface area contributed by atoms with Crippen LogP contribution in [0.3, 0.4) is 0 Å². The number of aromatic carboxylic acids is 1. The van der Waals surface area contributed by atoms with Crippen molar-refractivity contribution < 1.29 is 19.5 Å². The van der Waals surface area contributed by atoms with Gasteiger partial charge in [-0.1, -0.05) is 23.2 Å². The summed E-state index contributed by atoms with van der Waals surface area (Å²) >= 11 is 12.3. The molecule has 1 fully saturated rings. The van der Waals surface area contributed by atoms with Gasteiger partial charge >= 0.3 is 5.97 Å². The number of H-pyrrole nitrogens is 1. The fraction of sp³-hybridized carbons (Fsp3) is 0.158. The van der Waals surface area contributed by atoms with Crippen LogP contribution in [0.2, 0.25) is 10.0 Å². The Morgan fingerprint density at radius 1 is 1.18 bits per heavy atom. The number of carbonyl (C=O) groups is 3. The summed E-state index contributed by atoms with van der Waals surface area (Å²) in [5.41, 5.74) is 0.690. The van der Waals surface area contributed by atoms with Gasteiger partial charge in [0.2, 0.25) is 5.91 Å². The third kappa shape index (κ3) is 3.23. The first-order chi connectivity index (χ1) is 13.4. The molecule has 1 aromatic carbocycles. The summed E-state index contributed by atoms with van der Waals surface area (Å²) in [7, 11) is 0. The van der Waals surface area contributed by atoms with Gasteiger partial charge in [0.1, 0.15) is 0 Å². The van der Waals surface area contributed by atoms with Crippen molar-refractivity contribution in [1.82, 2.24) is 9.97 Å². The molecule has 2 aromatic heterocycles. The van der Waals surface area contributed by atoms with Crippen molar-refractivity contribution in [2.45, 2.75) is 12.8 Å². The summed E-state index contributed by atoms with van der Waals surface area (Å²) in [6.45, 7) is 0. The van der Waals surface area contributed by atoms with Crippen molar-refractivity contribution in [2.75, 3.05) is 5.32 Å². The summed E-state index contributed by atoms with van der Waals surface area (Å²) in [6, 6.07) is 4.00. The van der Waals surface area contributed by atoms with E-state index in [0.717, 1.165) is 12.8 Å². The minimum absolute atomic E-state index is 0.00890. The maximum atomic E-state index is 13.1. The number of rotatable bonds is 5. The van der Waals surface area contributed by atoms with E-state index in [1.807, 2.05) is 0 Å². The normalized spacial score (nSPS) is 13.5. The average Bonchev–Trinajstić information content (AvgIpc) is 3.40. The van der Waals surface area contributed by atoms with Crippen LogP contribution in [-0.4, -0.2) is 32.7 Å². The molecule has 1 saturated carbocycles. The van der Waals surface area contributed by atoms with Gasteiger partial charge in [0.25, 0.3) is 0 Å². The average molecular weight is 418 g/mol. The van der Waals surface area contributed by atoms with Crippen molar-refractivity contribution >= 4 is 57.6 Å². The van der Waals surface area contributed by atoms with Crippen LogP contribution in [0.25, 0.3) is 10.9 Å². The van der Waals surface area contributed by atoms with E-state index in [9.17, 15) is 14.4 Å². The highest BCUT2D eigenvalue weighted by molar-refractivity contribution is 6.42. The summed E-state index contributed by atoms with van der Waals surface area (Å²) < 4.78 is 0. The second kappa shape index (κ2) is 6.92. The summed E-state index contributed by atoms with van der Waals surface area (Å²) in [6.07, 6.45) is 4.70. The Morgan fingerprint density at radius 2 is 1.86 bits per heavy atom. The predicted octanol–water partition coefficient (Wildman–Crippen LogP) is 4.15. The Labute approximate surface area is 168 Å². The molecule has 1 aliphatic carbocycles. The molecule has 0 unspecified atom stereocenters. The number of nitrogens with one attached hydrogen (secondary N) is 2. The first-order valence-corrected chi connectivity index (χ1v) is 9.16. The molecule has 7 nitrogen and oxygen atoms in total. The van der Waals surface area contributed by atoms with Crippen LogP contribution < -0.4 is 5.32 Å². The number of hydrogen-bond acceptors (Lipinski definition) is 4. The summed E-state index contributed by atoms with van der Waals surface area (Å²) in [4.78, 5) is 43.4. The van der Waals surface area contributed by atoms with E-state index < -0.39 is 11.8 Å². The number of carbonyl (C=O) groups excluding carboxylic acids is 2. The number of carboxylic acids is 1. The lowest BCUT2D eigenvalue weighted by Gasteiger charge is -2.08. The highest BCUT2D eigenvalue weighted by Crippen LogP contribution is 2.34. The zero-order chi connectivity index (χ0) is 20.0. The van der Waals surface area contributed by atoms with Gasteiger partial charge in [0, 0.05) is 29.3 Å². The minimum atomic E-state index is -1.20. The fourth-order valence-corrected chi connectivity index (χ4v) is 3.61. The number of aromatic amines is 1. The lowest BCUT2D eigenvalue weighted by molar-refractivity contribution is -0.117. The number of hydrogen-bond donors (Lipinski definition) is 3. The van der Waals surface area contributed by atoms with Crippen molar-refractivity contribution in [1.29, 1.82) is 0 Å². The highest BCUT2D eigenvalue weighted by Gasteiger charge is 2.30. The molecule has 9 heteroatoms. The van der Waals surface area contributed by atoms with Crippen LogP contribution in [-0.2, 0) is 4.79 Å². The molecule has 3 N–H and O–H groups in total. The van der Waals surface area contributed by atoms with E-state index in [1.165, 1.54) is 24.5 Å². The number of halogens is 2. The van der Waals surface area contributed by atoms with E-state index in [0.29, 0.717) is 16.7 Å². The molecule has 0 saturated heterocycles. The van der Waals surface area contributed by atoms with Crippen molar-refractivity contribution in [3.63, 3.8) is 0 Å². The SMILES string of the molecule is O=C(O)c1cc(Cl)c(C(=O)c2c[nH]c3c(NC(=O)C4CC4)nccc23)c(Cl)c1. The quantitative estimate of drug-likeness (QED) is 0.539. The molecular formula is C19H13Cl2N3O4. The number of benzene rings is 1. The fourth-order valence-electron chi connectivity index (χ4n) is 2.95. The topological polar surface area (TPSA) is 112 Å². The zero-order valence-corrected chi connectivity index (χ0v) is 15.8. The van der Waals surface area contributed by atoms with Gasteiger partial charge in [-0.25, -0.2) is 9.78 Å². The molecule has 1 amide bonds. The third-order valence-corrected chi connectivity index (χ3v) is 5.15. The maximum Gasteiger partial charge on any atom is 0.335 e. The zero-order valence-electron chi connectivity index (χ0n) is 14.3. The molecule has 28 heavy (non-hydrogen) atoms. The van der Waals surface area contributed by atoms with Crippen molar-refractivity contribution in [3.05, 3.63) is 57.3 Å². The number of nitrogens with zero attached hydrogens (tertiary/aromatic N) is 1. The van der Waals surface area contributed by atoms with E-state index >= 15 is 0 Å². The van der Waals surface area contributed by atoms with Crippen molar-refractivity contribution in [2.24, 2.45) is 5.92 Å². The number of pyridine rings is 1. The monoisotopic (exact) mass is 417 g/mol. The van der Waals surface area contributed by atoms with Gasteiger partial charge in [-0.15, -0.1) is 0 Å². The molecule has 0 aliphatic heterocycles. The predicted molar refractivity (Wildman–Crippen MR) is 104 cm³/mol. The molecule has 0 spiro atoms. The standard InChI is InChI=1S/C19H13Cl2N3O4/c20-12-5-9(19(27)28)6-13(21)14(12)16(25)11-7-23-15-10(11)3-4-22-17(15)24-18(26)8-1-2-8/h3-8,23H,1-2H2,(H,27,28)(H,22,24,26). The second-order valence-corrected chi connectivity index (χ2v) is 7.31. The smallest absolute Gasteiger partial charge is 0.335 e. The largest absolute Gasteiger partial charge is 0.478 e. The molecular weight excluding hydrogens is 405 g/mol. The maximum absolute atomic E-state index is 13.1. The summed E-state index contributed by atoms with van der Waals surface area (Å²) in [5.74, 6) is -1.41. The van der Waals surface area contributed by atoms with Crippen molar-refractivity contribution in [3.8, 4) is 0 Å². The number of carboxylic acid groups (broad SMARTS) is 1.